The Labute approximate surface area is 314 Å². The summed E-state index contributed by atoms with van der Waals surface area (Å²) in [7, 11) is 0. The molecule has 0 bridgehead atoms. The van der Waals surface area contributed by atoms with Gasteiger partial charge in [0.15, 0.2) is 5.60 Å². The van der Waals surface area contributed by atoms with Crippen molar-refractivity contribution in [2.75, 3.05) is 36.0 Å². The molecule has 3 unspecified atom stereocenters. The minimum absolute atomic E-state index is 0.104. The summed E-state index contributed by atoms with van der Waals surface area (Å²) in [6, 6.07) is 23.8. The number of halogens is 3. The second kappa shape index (κ2) is 15.1. The zero-order chi connectivity index (χ0) is 38.0. The van der Waals surface area contributed by atoms with E-state index < -0.39 is 29.9 Å². The van der Waals surface area contributed by atoms with Gasteiger partial charge in [-0.3, -0.25) is 4.98 Å². The third-order valence-electron chi connectivity index (χ3n) is 10.0. The Morgan fingerprint density at radius 2 is 1.50 bits per heavy atom. The van der Waals surface area contributed by atoms with Crippen molar-refractivity contribution in [2.24, 2.45) is 0 Å². The van der Waals surface area contributed by atoms with Gasteiger partial charge in [0.1, 0.15) is 18.3 Å². The second-order valence-corrected chi connectivity index (χ2v) is 13.8. The molecule has 1 aliphatic rings. The first kappa shape index (κ1) is 36.8. The largest absolute Gasteiger partial charge is 0.391 e. The van der Waals surface area contributed by atoms with E-state index in [1.807, 2.05) is 55.5 Å². The Morgan fingerprint density at radius 3 is 2.06 bits per heavy atom. The normalized spacial score (nSPS) is 15.9. The van der Waals surface area contributed by atoms with Gasteiger partial charge in [0, 0.05) is 54.3 Å². The Kier molecular flexibility index (Phi) is 10.3. The third-order valence-corrected chi connectivity index (χ3v) is 10.2. The summed E-state index contributed by atoms with van der Waals surface area (Å²) in [6.07, 6.45) is 3.91. The Morgan fingerprint density at radius 1 is 0.870 bits per heavy atom. The highest BCUT2D eigenvalue weighted by atomic mass is 35.5. The molecule has 3 aromatic heterocycles. The molecule has 1 aliphatic heterocycles. The molecule has 4 heterocycles. The second-order valence-electron chi connectivity index (χ2n) is 13.4. The number of nitrogens with zero attached hydrogens (tertiary/aromatic N) is 10. The van der Waals surface area contributed by atoms with Crippen molar-refractivity contribution in [2.45, 2.75) is 50.5 Å². The van der Waals surface area contributed by atoms with Gasteiger partial charge in [0.25, 0.3) is 0 Å². The fraction of sp³-hybridized carbons (Fsp3) is 0.316. The Balaban J connectivity index is 0.997. The highest BCUT2D eigenvalue weighted by Crippen LogP contribution is 2.46. The Bertz CT molecular complexity index is 2220. The summed E-state index contributed by atoms with van der Waals surface area (Å²) < 4.78 is 36.3. The summed E-state index contributed by atoms with van der Waals surface area (Å²) in [5.41, 5.74) is 0.464. The van der Waals surface area contributed by atoms with E-state index in [1.54, 1.807) is 13.0 Å². The van der Waals surface area contributed by atoms with Crippen molar-refractivity contribution in [3.8, 4) is 16.8 Å². The molecule has 16 heteroatoms. The number of alkyl halides is 2. The van der Waals surface area contributed by atoms with Crippen LogP contribution in [0.4, 0.5) is 20.2 Å². The first-order valence-electron chi connectivity index (χ1n) is 17.6. The van der Waals surface area contributed by atoms with Crippen molar-refractivity contribution in [1.29, 1.82) is 0 Å². The summed E-state index contributed by atoms with van der Waals surface area (Å²) in [4.78, 5) is 21.7. The molecule has 54 heavy (non-hydrogen) atoms. The van der Waals surface area contributed by atoms with Gasteiger partial charge < -0.3 is 20.0 Å². The van der Waals surface area contributed by atoms with Crippen LogP contribution in [0.1, 0.15) is 37.6 Å². The fourth-order valence-corrected chi connectivity index (χ4v) is 7.11. The summed E-state index contributed by atoms with van der Waals surface area (Å²) in [5, 5.41) is 36.8. The quantitative estimate of drug-likeness (QED) is 0.174. The minimum Gasteiger partial charge on any atom is -0.391 e. The van der Waals surface area contributed by atoms with Crippen LogP contribution in [0.5, 0.6) is 0 Å². The number of piperazine rings is 1. The predicted molar refractivity (Wildman–Crippen MR) is 200 cm³/mol. The summed E-state index contributed by atoms with van der Waals surface area (Å²) in [5.74, 6) is -3.85. The lowest BCUT2D eigenvalue weighted by molar-refractivity contribution is -0.206. The van der Waals surface area contributed by atoms with Gasteiger partial charge in [-0.2, -0.15) is 13.9 Å². The van der Waals surface area contributed by atoms with Gasteiger partial charge in [-0.1, -0.05) is 48.9 Å². The number of tetrazole rings is 1. The molecule has 0 saturated carbocycles. The van der Waals surface area contributed by atoms with Crippen LogP contribution in [-0.4, -0.2) is 82.0 Å². The molecule has 0 radical (unpaired) electrons. The van der Waals surface area contributed by atoms with Gasteiger partial charge in [-0.25, -0.2) is 18.7 Å². The molecule has 1 saturated heterocycles. The van der Waals surface area contributed by atoms with Crippen molar-refractivity contribution < 1.29 is 19.0 Å². The van der Waals surface area contributed by atoms with Crippen LogP contribution in [-0.2, 0) is 18.1 Å². The maximum absolute atomic E-state index is 16.2. The third kappa shape index (κ3) is 7.09. The highest BCUT2D eigenvalue weighted by Gasteiger charge is 2.56. The van der Waals surface area contributed by atoms with Crippen molar-refractivity contribution in [3.05, 3.63) is 131 Å². The summed E-state index contributed by atoms with van der Waals surface area (Å²) >= 11 is 6.11. The smallest absolute Gasteiger partial charge is 0.350 e. The molecule has 280 valence electrons. The van der Waals surface area contributed by atoms with E-state index in [9.17, 15) is 15.0 Å². The van der Waals surface area contributed by atoms with E-state index in [0.29, 0.717) is 17.7 Å². The molecule has 3 aromatic carbocycles. The molecular weight excluding hydrogens is 718 g/mol. The molecule has 6 aromatic rings. The van der Waals surface area contributed by atoms with Gasteiger partial charge in [-0.15, -0.1) is 5.10 Å². The number of rotatable bonds is 12. The molecule has 0 spiro atoms. The average molecular weight is 757 g/mol. The lowest BCUT2D eigenvalue weighted by Gasteiger charge is -2.37. The molecule has 7 rings (SSSR count). The molecular formula is C38H39ClF2N10O3. The molecule has 2 N–H and O–H groups in total. The molecule has 13 nitrogen and oxygen atoms in total. The zero-order valence-corrected chi connectivity index (χ0v) is 30.4. The lowest BCUT2D eigenvalue weighted by atomic mass is 9.85. The zero-order valence-electron chi connectivity index (χ0n) is 29.6. The van der Waals surface area contributed by atoms with Crippen LogP contribution in [0, 0.1) is 0 Å². The van der Waals surface area contributed by atoms with Gasteiger partial charge in [0.2, 0.25) is 0 Å². The predicted octanol–water partition coefficient (Wildman–Crippen LogP) is 5.07. The number of hydrogen-bond acceptors (Lipinski definition) is 10. The number of anilines is 2. The maximum atomic E-state index is 16.2. The van der Waals surface area contributed by atoms with E-state index in [0.717, 1.165) is 54.1 Å². The topological polar surface area (TPSA) is 143 Å². The van der Waals surface area contributed by atoms with Crippen molar-refractivity contribution in [3.63, 3.8) is 0 Å². The van der Waals surface area contributed by atoms with E-state index in [2.05, 4.69) is 35.4 Å². The van der Waals surface area contributed by atoms with Crippen LogP contribution in [0.2, 0.25) is 5.02 Å². The number of aromatic nitrogens is 8. The average Bonchev–Trinajstić information content (AvgIpc) is 3.84. The molecule has 0 amide bonds. The van der Waals surface area contributed by atoms with Crippen LogP contribution in [0.15, 0.2) is 109 Å². The lowest BCUT2D eigenvalue weighted by Crippen LogP contribution is -2.47. The van der Waals surface area contributed by atoms with E-state index in [-0.39, 0.29) is 22.3 Å². The fourth-order valence-electron chi connectivity index (χ4n) is 6.92. The van der Waals surface area contributed by atoms with Crippen molar-refractivity contribution in [1.82, 2.24) is 39.5 Å². The maximum Gasteiger partial charge on any atom is 0.350 e. The number of pyridine rings is 1. The first-order chi connectivity index (χ1) is 26.0. The van der Waals surface area contributed by atoms with Gasteiger partial charge in [-0.05, 0) is 89.5 Å². The Hall–Kier alpha value is -5.51. The number of aliphatic hydroxyl groups is 2. The molecule has 0 aliphatic carbocycles. The van der Waals surface area contributed by atoms with Crippen LogP contribution in [0.3, 0.4) is 0 Å². The SMILES string of the molecule is CCC(C(C)O)n1ncn(-c2ccc(N3CCN(c4ccc(-c5ccc(C(F)(F)C(O)(Cn6cnnn6)c6cccc(Cl)c6)nc5)cc4)CC3)cc2)c1=O. The van der Waals surface area contributed by atoms with E-state index >= 15 is 8.78 Å². The minimum atomic E-state index is -3.85. The van der Waals surface area contributed by atoms with E-state index in [4.69, 9.17) is 11.6 Å². The van der Waals surface area contributed by atoms with Gasteiger partial charge >= 0.3 is 11.6 Å². The first-order valence-corrected chi connectivity index (χ1v) is 17.9. The molecule has 1 fully saturated rings. The van der Waals surface area contributed by atoms with Crippen LogP contribution in [0.25, 0.3) is 16.8 Å². The van der Waals surface area contributed by atoms with Crippen molar-refractivity contribution >= 4 is 23.0 Å². The van der Waals surface area contributed by atoms with Gasteiger partial charge in [0.05, 0.1) is 24.4 Å². The number of hydrogen-bond donors (Lipinski definition) is 2. The van der Waals surface area contributed by atoms with Crippen LogP contribution >= 0.6 is 11.6 Å². The monoisotopic (exact) mass is 756 g/mol. The molecule has 3 atom stereocenters. The highest BCUT2D eigenvalue weighted by molar-refractivity contribution is 6.30. The van der Waals surface area contributed by atoms with E-state index in [1.165, 1.54) is 52.1 Å². The van der Waals surface area contributed by atoms with Crippen LogP contribution < -0.4 is 15.5 Å². The number of aliphatic hydroxyl groups excluding tert-OH is 1. The number of benzene rings is 3. The standard InChI is InChI=1S/C38H39ClF2N10O3/c1-3-34(26(2)52)51-36(53)50(25-44-51)33-14-12-32(13-15-33)48-19-17-47(18-20-48)31-10-7-27(8-11-31)28-9-16-35(42-22-28)38(40,41)37(54,23-49-24-43-45-46-49)29-5-4-6-30(39)21-29/h4-16,21-22,24-26,34,52,54H,3,17-20,23H2,1-2H3. The summed E-state index contributed by atoms with van der Waals surface area (Å²) in [6.45, 7) is 6.09.